The molecule has 7 heteroatoms. The number of nitrogens with zero attached hydrogens (tertiary/aromatic N) is 6. The Balaban J connectivity index is 1.38. The van der Waals surface area contributed by atoms with Gasteiger partial charge in [-0.15, -0.1) is 0 Å². The first kappa shape index (κ1) is 19.2. The van der Waals surface area contributed by atoms with Gasteiger partial charge in [0.15, 0.2) is 17.0 Å². The molecule has 4 heterocycles. The van der Waals surface area contributed by atoms with Gasteiger partial charge in [0.2, 0.25) is 0 Å². The Kier molecular flexibility index (Phi) is 5.68. The third-order valence-electron chi connectivity index (χ3n) is 7.35. The summed E-state index contributed by atoms with van der Waals surface area (Å²) in [6.07, 6.45) is 14.7. The molecule has 0 amide bonds. The molecule has 1 N–H and O–H groups in total. The fourth-order valence-corrected chi connectivity index (χ4v) is 5.75. The zero-order valence-electron chi connectivity index (χ0n) is 17.4. The largest absolute Gasteiger partial charge is 0.396 e. The molecule has 3 fully saturated rings. The monoisotopic (exact) mass is 398 g/mol. The summed E-state index contributed by atoms with van der Waals surface area (Å²) >= 11 is 0. The molecule has 3 aliphatic rings. The van der Waals surface area contributed by atoms with Gasteiger partial charge >= 0.3 is 0 Å². The minimum atomic E-state index is 0.287. The summed E-state index contributed by atoms with van der Waals surface area (Å²) in [5.41, 5.74) is 1.90. The Hall–Kier alpha value is -1.73. The molecule has 2 saturated heterocycles. The van der Waals surface area contributed by atoms with Crippen LogP contribution in [-0.2, 0) is 0 Å². The summed E-state index contributed by atoms with van der Waals surface area (Å²) in [6, 6.07) is 1.02. The van der Waals surface area contributed by atoms with E-state index in [0.29, 0.717) is 18.0 Å². The Bertz CT molecular complexity index is 817. The van der Waals surface area contributed by atoms with Crippen molar-refractivity contribution in [3.05, 3.63) is 12.7 Å². The summed E-state index contributed by atoms with van der Waals surface area (Å²) in [5, 5.41) is 9.61. The standard InChI is InChI=1S/C22H34N6O/c29-14-17-6-4-7-18(12-17)28-16-25-20-21(23-15-24-22(20)28)27-11-5-8-19(13-27)26-9-2-1-3-10-26/h15-19,29H,1-14H2/t17-,18+,19?/m1/s1. The lowest BCUT2D eigenvalue weighted by molar-refractivity contribution is 0.147. The van der Waals surface area contributed by atoms with Crippen LogP contribution in [-0.4, -0.2) is 68.4 Å². The molecule has 0 radical (unpaired) electrons. The van der Waals surface area contributed by atoms with Crippen molar-refractivity contribution in [2.75, 3.05) is 37.7 Å². The molecule has 29 heavy (non-hydrogen) atoms. The first-order chi connectivity index (χ1) is 14.3. The maximum absolute atomic E-state index is 9.61. The van der Waals surface area contributed by atoms with Crippen molar-refractivity contribution >= 4 is 17.0 Å². The number of aliphatic hydroxyl groups is 1. The van der Waals surface area contributed by atoms with E-state index in [1.165, 1.54) is 45.2 Å². The van der Waals surface area contributed by atoms with Crippen molar-refractivity contribution in [3.8, 4) is 0 Å². The van der Waals surface area contributed by atoms with Crippen molar-refractivity contribution in [1.29, 1.82) is 0 Å². The van der Waals surface area contributed by atoms with Crippen LogP contribution in [0.15, 0.2) is 12.7 Å². The van der Waals surface area contributed by atoms with Crippen molar-refractivity contribution in [2.24, 2.45) is 5.92 Å². The van der Waals surface area contributed by atoms with E-state index in [0.717, 1.165) is 55.8 Å². The summed E-state index contributed by atoms with van der Waals surface area (Å²) in [7, 11) is 0. The van der Waals surface area contributed by atoms with Gasteiger partial charge in [0, 0.05) is 31.8 Å². The topological polar surface area (TPSA) is 70.3 Å². The first-order valence-corrected chi connectivity index (χ1v) is 11.6. The molecule has 2 aromatic heterocycles. The van der Waals surface area contributed by atoms with Crippen LogP contribution in [0, 0.1) is 5.92 Å². The average molecular weight is 399 g/mol. The summed E-state index contributed by atoms with van der Waals surface area (Å²) < 4.78 is 2.24. The highest BCUT2D eigenvalue weighted by Crippen LogP contribution is 2.35. The maximum Gasteiger partial charge on any atom is 0.165 e. The second-order valence-corrected chi connectivity index (χ2v) is 9.23. The lowest BCUT2D eigenvalue weighted by atomic mass is 9.86. The predicted octanol–water partition coefficient (Wildman–Crippen LogP) is 3.00. The molecular weight excluding hydrogens is 364 g/mol. The molecule has 158 valence electrons. The SMILES string of the molecule is OC[C@@H]1CCC[C@H](n2cnc3c(N4CCCC(N5CCCCC5)C4)ncnc32)C1. The van der Waals surface area contributed by atoms with E-state index in [4.69, 9.17) is 4.98 Å². The van der Waals surface area contributed by atoms with Gasteiger partial charge in [-0.25, -0.2) is 15.0 Å². The van der Waals surface area contributed by atoms with Crippen LogP contribution in [0.4, 0.5) is 5.82 Å². The van der Waals surface area contributed by atoms with E-state index in [2.05, 4.69) is 24.3 Å². The normalized spacial score (nSPS) is 29.4. The highest BCUT2D eigenvalue weighted by Gasteiger charge is 2.29. The smallest absolute Gasteiger partial charge is 0.165 e. The van der Waals surface area contributed by atoms with E-state index >= 15 is 0 Å². The molecule has 0 bridgehead atoms. The molecule has 1 saturated carbocycles. The van der Waals surface area contributed by atoms with E-state index in [-0.39, 0.29) is 6.61 Å². The number of hydrogen-bond donors (Lipinski definition) is 1. The molecule has 5 rings (SSSR count). The van der Waals surface area contributed by atoms with Crippen molar-refractivity contribution in [1.82, 2.24) is 24.4 Å². The third-order valence-corrected chi connectivity index (χ3v) is 7.35. The molecule has 2 aliphatic heterocycles. The van der Waals surface area contributed by atoms with Gasteiger partial charge in [-0.3, -0.25) is 4.90 Å². The molecule has 1 aliphatic carbocycles. The molecule has 2 aromatic rings. The number of aliphatic hydroxyl groups excluding tert-OH is 1. The minimum Gasteiger partial charge on any atom is -0.396 e. The van der Waals surface area contributed by atoms with Crippen molar-refractivity contribution < 1.29 is 5.11 Å². The van der Waals surface area contributed by atoms with Crippen LogP contribution in [0.3, 0.4) is 0 Å². The summed E-state index contributed by atoms with van der Waals surface area (Å²) in [5.74, 6) is 1.41. The fraction of sp³-hybridized carbons (Fsp3) is 0.773. The molecule has 3 atom stereocenters. The maximum atomic E-state index is 9.61. The van der Waals surface area contributed by atoms with Crippen LogP contribution in [0.25, 0.3) is 11.2 Å². The van der Waals surface area contributed by atoms with Crippen molar-refractivity contribution in [2.45, 2.75) is 69.9 Å². The first-order valence-electron chi connectivity index (χ1n) is 11.6. The molecule has 0 aromatic carbocycles. The predicted molar refractivity (Wildman–Crippen MR) is 114 cm³/mol. The number of hydrogen-bond acceptors (Lipinski definition) is 6. The Morgan fingerprint density at radius 2 is 1.76 bits per heavy atom. The Labute approximate surface area is 173 Å². The van der Waals surface area contributed by atoms with Gasteiger partial charge in [0.05, 0.1) is 6.33 Å². The van der Waals surface area contributed by atoms with Crippen LogP contribution in [0.5, 0.6) is 0 Å². The highest BCUT2D eigenvalue weighted by molar-refractivity contribution is 5.83. The zero-order chi connectivity index (χ0) is 19.6. The summed E-state index contributed by atoms with van der Waals surface area (Å²) in [4.78, 5) is 19.2. The molecule has 1 unspecified atom stereocenters. The van der Waals surface area contributed by atoms with E-state index in [1.807, 2.05) is 6.33 Å². The Morgan fingerprint density at radius 1 is 0.897 bits per heavy atom. The van der Waals surface area contributed by atoms with Crippen LogP contribution in [0.2, 0.25) is 0 Å². The van der Waals surface area contributed by atoms with E-state index in [1.54, 1.807) is 6.33 Å². The van der Waals surface area contributed by atoms with Gasteiger partial charge in [0.1, 0.15) is 6.33 Å². The number of imidazole rings is 1. The molecular formula is C22H34N6O. The van der Waals surface area contributed by atoms with Crippen LogP contribution >= 0.6 is 0 Å². The fourth-order valence-electron chi connectivity index (χ4n) is 5.75. The Morgan fingerprint density at radius 3 is 2.62 bits per heavy atom. The van der Waals surface area contributed by atoms with Gasteiger partial charge in [0.25, 0.3) is 0 Å². The minimum absolute atomic E-state index is 0.287. The van der Waals surface area contributed by atoms with Gasteiger partial charge in [-0.05, 0) is 64.0 Å². The van der Waals surface area contributed by atoms with Crippen LogP contribution in [0.1, 0.15) is 63.8 Å². The lowest BCUT2D eigenvalue weighted by Gasteiger charge is -2.41. The van der Waals surface area contributed by atoms with E-state index < -0.39 is 0 Å². The van der Waals surface area contributed by atoms with Gasteiger partial charge < -0.3 is 14.6 Å². The lowest BCUT2D eigenvalue weighted by Crippen LogP contribution is -2.49. The summed E-state index contributed by atoms with van der Waals surface area (Å²) in [6.45, 7) is 4.89. The quantitative estimate of drug-likeness (QED) is 0.854. The van der Waals surface area contributed by atoms with E-state index in [9.17, 15) is 5.11 Å². The molecule has 7 nitrogen and oxygen atoms in total. The number of fused-ring (bicyclic) bond motifs is 1. The third kappa shape index (κ3) is 3.87. The highest BCUT2D eigenvalue weighted by atomic mass is 16.3. The molecule has 0 spiro atoms. The number of piperidine rings is 2. The number of anilines is 1. The second-order valence-electron chi connectivity index (χ2n) is 9.23. The number of aromatic nitrogens is 4. The van der Waals surface area contributed by atoms with Gasteiger partial charge in [-0.1, -0.05) is 12.8 Å². The number of rotatable bonds is 4. The van der Waals surface area contributed by atoms with Gasteiger partial charge in [-0.2, -0.15) is 0 Å². The number of likely N-dealkylation sites (tertiary alicyclic amines) is 1. The van der Waals surface area contributed by atoms with Crippen molar-refractivity contribution in [3.63, 3.8) is 0 Å². The second kappa shape index (κ2) is 8.56. The van der Waals surface area contributed by atoms with Crippen LogP contribution < -0.4 is 4.90 Å². The zero-order valence-corrected chi connectivity index (χ0v) is 17.4. The average Bonchev–Trinajstić information content (AvgIpc) is 3.24.